The number of rotatable bonds is 4. The Bertz CT molecular complexity index is 633. The van der Waals surface area contributed by atoms with Gasteiger partial charge in [-0.15, -0.1) is 0 Å². The minimum Gasteiger partial charge on any atom is -0.491 e. The number of anilines is 1. The Morgan fingerprint density at radius 1 is 1.42 bits per heavy atom. The van der Waals surface area contributed by atoms with Crippen LogP contribution >= 0.6 is 0 Å². The van der Waals surface area contributed by atoms with Crippen LogP contribution in [0.25, 0.3) is 0 Å². The molecule has 0 spiro atoms. The van der Waals surface area contributed by atoms with Crippen LogP contribution in [0.4, 0.5) is 14.9 Å². The van der Waals surface area contributed by atoms with Crippen molar-refractivity contribution in [2.24, 2.45) is 11.3 Å². The van der Waals surface area contributed by atoms with Crippen molar-refractivity contribution in [3.05, 3.63) is 24.0 Å². The molecule has 0 aromatic heterocycles. The average Bonchev–Trinajstić information content (AvgIpc) is 2.94. The standard InChI is InChI=1S/C18H25FN2O3/c1-10(2)24-11-5-6-14(13(19)9-11)20-17(22)21-15-12-7-8-23-16(12)18(15,3)4/h5-6,9-10,12,15-16H,7-8H2,1-4H3,(H2,20,21,22)/t12-,15+,16+/m0/s1. The molecule has 2 aliphatic rings. The van der Waals surface area contributed by atoms with Crippen LogP contribution in [-0.2, 0) is 4.74 Å². The van der Waals surface area contributed by atoms with Gasteiger partial charge in [-0.1, -0.05) is 13.8 Å². The second-order valence-electron chi connectivity index (χ2n) is 7.45. The second-order valence-corrected chi connectivity index (χ2v) is 7.45. The highest BCUT2D eigenvalue weighted by molar-refractivity contribution is 5.89. The van der Waals surface area contributed by atoms with E-state index in [1.807, 2.05) is 13.8 Å². The highest BCUT2D eigenvalue weighted by Crippen LogP contribution is 2.52. The van der Waals surface area contributed by atoms with Crippen molar-refractivity contribution in [2.75, 3.05) is 11.9 Å². The summed E-state index contributed by atoms with van der Waals surface area (Å²) in [5.41, 5.74) is 0.0337. The summed E-state index contributed by atoms with van der Waals surface area (Å²) in [6.07, 6.45) is 1.12. The number of nitrogens with one attached hydrogen (secondary N) is 2. The Morgan fingerprint density at radius 2 is 2.17 bits per heavy atom. The number of ether oxygens (including phenoxy) is 2. The third kappa shape index (κ3) is 3.07. The van der Waals surface area contributed by atoms with Gasteiger partial charge in [-0.2, -0.15) is 0 Å². The van der Waals surface area contributed by atoms with Crippen LogP contribution in [0.3, 0.4) is 0 Å². The van der Waals surface area contributed by atoms with Gasteiger partial charge in [0.15, 0.2) is 0 Å². The normalized spacial score (nSPS) is 27.3. The maximum absolute atomic E-state index is 14.1. The van der Waals surface area contributed by atoms with Gasteiger partial charge in [-0.05, 0) is 32.4 Å². The molecule has 1 saturated carbocycles. The lowest BCUT2D eigenvalue weighted by molar-refractivity contribution is -0.107. The molecule has 3 rings (SSSR count). The second kappa shape index (κ2) is 6.24. The summed E-state index contributed by atoms with van der Waals surface area (Å²) in [6, 6.07) is 4.09. The van der Waals surface area contributed by atoms with Crippen LogP contribution in [0.2, 0.25) is 0 Å². The molecule has 2 amide bonds. The summed E-state index contributed by atoms with van der Waals surface area (Å²) in [6.45, 7) is 8.66. The van der Waals surface area contributed by atoms with Crippen molar-refractivity contribution in [2.45, 2.75) is 52.4 Å². The van der Waals surface area contributed by atoms with Gasteiger partial charge >= 0.3 is 6.03 Å². The van der Waals surface area contributed by atoms with Gasteiger partial charge in [0, 0.05) is 30.0 Å². The van der Waals surface area contributed by atoms with Crippen LogP contribution in [0.15, 0.2) is 18.2 Å². The molecule has 132 valence electrons. The summed E-state index contributed by atoms with van der Waals surface area (Å²) in [4.78, 5) is 12.2. The molecule has 0 bridgehead atoms. The zero-order chi connectivity index (χ0) is 17.5. The van der Waals surface area contributed by atoms with Gasteiger partial charge in [0.25, 0.3) is 0 Å². The first-order chi connectivity index (χ1) is 11.3. The van der Waals surface area contributed by atoms with E-state index in [0.717, 1.165) is 13.0 Å². The lowest BCUT2D eigenvalue weighted by Crippen LogP contribution is -2.67. The van der Waals surface area contributed by atoms with E-state index >= 15 is 0 Å². The summed E-state index contributed by atoms with van der Waals surface area (Å²) in [5.74, 6) is 0.273. The molecule has 2 fully saturated rings. The molecule has 1 aromatic carbocycles. The van der Waals surface area contributed by atoms with Crippen molar-refractivity contribution >= 4 is 11.7 Å². The Kier molecular flexibility index (Phi) is 4.42. The number of hydrogen-bond donors (Lipinski definition) is 2. The van der Waals surface area contributed by atoms with Crippen molar-refractivity contribution in [3.63, 3.8) is 0 Å². The number of halogens is 1. The highest BCUT2D eigenvalue weighted by Gasteiger charge is 2.59. The van der Waals surface area contributed by atoms with Gasteiger partial charge in [-0.3, -0.25) is 0 Å². The summed E-state index contributed by atoms with van der Waals surface area (Å²) in [5, 5.41) is 5.56. The van der Waals surface area contributed by atoms with E-state index in [1.165, 1.54) is 12.1 Å². The first kappa shape index (κ1) is 17.0. The zero-order valence-corrected chi connectivity index (χ0v) is 14.6. The molecule has 1 aromatic rings. The lowest BCUT2D eigenvalue weighted by atomic mass is 9.57. The molecular formula is C18H25FN2O3. The van der Waals surface area contributed by atoms with Crippen LogP contribution < -0.4 is 15.4 Å². The molecule has 0 radical (unpaired) electrons. The molecule has 1 aliphatic heterocycles. The predicted octanol–water partition coefficient (Wildman–Crippen LogP) is 3.55. The van der Waals surface area contributed by atoms with Crippen LogP contribution in [0.5, 0.6) is 5.75 Å². The minimum absolute atomic E-state index is 0.0334. The van der Waals surface area contributed by atoms with E-state index in [-0.39, 0.29) is 29.4 Å². The smallest absolute Gasteiger partial charge is 0.319 e. The van der Waals surface area contributed by atoms with Crippen molar-refractivity contribution in [1.82, 2.24) is 5.32 Å². The number of fused-ring (bicyclic) bond motifs is 1. The molecular weight excluding hydrogens is 311 g/mol. The fourth-order valence-electron chi connectivity index (χ4n) is 3.86. The number of carbonyl (C=O) groups excluding carboxylic acids is 1. The van der Waals surface area contributed by atoms with E-state index in [9.17, 15) is 9.18 Å². The predicted molar refractivity (Wildman–Crippen MR) is 89.7 cm³/mol. The Balaban J connectivity index is 1.61. The molecule has 2 N–H and O–H groups in total. The number of amides is 2. The monoisotopic (exact) mass is 336 g/mol. The maximum atomic E-state index is 14.1. The maximum Gasteiger partial charge on any atom is 0.319 e. The minimum atomic E-state index is -0.516. The van der Waals surface area contributed by atoms with E-state index in [1.54, 1.807) is 6.07 Å². The summed E-state index contributed by atoms with van der Waals surface area (Å²) in [7, 11) is 0. The van der Waals surface area contributed by atoms with Crippen LogP contribution in [-0.4, -0.2) is 30.9 Å². The van der Waals surface area contributed by atoms with Crippen molar-refractivity contribution in [3.8, 4) is 5.75 Å². The largest absolute Gasteiger partial charge is 0.491 e. The quantitative estimate of drug-likeness (QED) is 0.884. The number of benzene rings is 1. The zero-order valence-electron chi connectivity index (χ0n) is 14.6. The van der Waals surface area contributed by atoms with Gasteiger partial charge in [-0.25, -0.2) is 9.18 Å². The van der Waals surface area contributed by atoms with Crippen molar-refractivity contribution < 1.29 is 18.7 Å². The van der Waals surface area contributed by atoms with E-state index in [0.29, 0.717) is 11.7 Å². The molecule has 6 heteroatoms. The molecule has 1 aliphatic carbocycles. The van der Waals surface area contributed by atoms with E-state index in [4.69, 9.17) is 9.47 Å². The number of hydrogen-bond acceptors (Lipinski definition) is 3. The lowest BCUT2D eigenvalue weighted by Gasteiger charge is -2.54. The van der Waals surface area contributed by atoms with Crippen LogP contribution in [0, 0.1) is 17.2 Å². The number of urea groups is 1. The van der Waals surface area contributed by atoms with Gasteiger partial charge in [0.05, 0.1) is 17.9 Å². The van der Waals surface area contributed by atoms with Gasteiger partial charge in [0.1, 0.15) is 11.6 Å². The topological polar surface area (TPSA) is 59.6 Å². The third-order valence-electron chi connectivity index (χ3n) is 4.95. The molecule has 3 atom stereocenters. The molecule has 0 unspecified atom stereocenters. The average molecular weight is 336 g/mol. The first-order valence-corrected chi connectivity index (χ1v) is 8.44. The SMILES string of the molecule is CC(C)Oc1ccc(NC(=O)N[C@@H]2[C@@H]3CCO[C@H]3C2(C)C)c(F)c1. The van der Waals surface area contributed by atoms with E-state index in [2.05, 4.69) is 24.5 Å². The van der Waals surface area contributed by atoms with E-state index < -0.39 is 11.8 Å². The fraction of sp³-hybridized carbons (Fsp3) is 0.611. The van der Waals surface area contributed by atoms with Gasteiger partial charge < -0.3 is 20.1 Å². The molecule has 24 heavy (non-hydrogen) atoms. The Morgan fingerprint density at radius 3 is 2.83 bits per heavy atom. The Labute approximate surface area is 141 Å². The molecule has 1 heterocycles. The molecule has 1 saturated heterocycles. The third-order valence-corrected chi connectivity index (χ3v) is 4.95. The molecule has 5 nitrogen and oxygen atoms in total. The first-order valence-electron chi connectivity index (χ1n) is 8.44. The van der Waals surface area contributed by atoms with Gasteiger partial charge in [0.2, 0.25) is 0 Å². The Hall–Kier alpha value is -1.82. The number of carbonyl (C=O) groups is 1. The van der Waals surface area contributed by atoms with Crippen molar-refractivity contribution in [1.29, 1.82) is 0 Å². The summed E-state index contributed by atoms with van der Waals surface area (Å²) >= 11 is 0. The summed E-state index contributed by atoms with van der Waals surface area (Å²) < 4.78 is 25.3. The highest BCUT2D eigenvalue weighted by atomic mass is 19.1. The fourth-order valence-corrected chi connectivity index (χ4v) is 3.86. The van der Waals surface area contributed by atoms with Crippen LogP contribution in [0.1, 0.15) is 34.1 Å².